The van der Waals surface area contributed by atoms with E-state index in [1.54, 1.807) is 7.05 Å². The molecule has 20 heavy (non-hydrogen) atoms. The number of carbonyl (C=O) groups is 1. The number of amides is 1. The summed E-state index contributed by atoms with van der Waals surface area (Å²) >= 11 is 6.12. The van der Waals surface area contributed by atoms with E-state index in [1.807, 2.05) is 6.92 Å². The SMILES string of the molecule is CCc1nn(C)c(Cl)c1C(=O)NCC1(O)CCCCC1. The largest absolute Gasteiger partial charge is 0.388 e. The highest BCUT2D eigenvalue weighted by Crippen LogP contribution is 2.27. The lowest BCUT2D eigenvalue weighted by atomic mass is 9.85. The van der Waals surface area contributed by atoms with Gasteiger partial charge in [-0.2, -0.15) is 5.10 Å². The molecule has 0 radical (unpaired) electrons. The van der Waals surface area contributed by atoms with Crippen molar-refractivity contribution in [3.05, 3.63) is 16.4 Å². The fourth-order valence-corrected chi connectivity index (χ4v) is 2.98. The van der Waals surface area contributed by atoms with Gasteiger partial charge in [-0.05, 0) is 19.3 Å². The van der Waals surface area contributed by atoms with Gasteiger partial charge in [0.1, 0.15) is 5.15 Å². The molecule has 0 spiro atoms. The van der Waals surface area contributed by atoms with Crippen LogP contribution >= 0.6 is 11.6 Å². The van der Waals surface area contributed by atoms with Gasteiger partial charge in [-0.1, -0.05) is 37.8 Å². The molecule has 1 fully saturated rings. The van der Waals surface area contributed by atoms with Gasteiger partial charge in [0.25, 0.3) is 5.91 Å². The Kier molecular flexibility index (Phi) is 4.70. The Bertz CT molecular complexity index is 493. The van der Waals surface area contributed by atoms with Crippen LogP contribution in [0.15, 0.2) is 0 Å². The van der Waals surface area contributed by atoms with Crippen LogP contribution in [0.4, 0.5) is 0 Å². The van der Waals surface area contributed by atoms with Crippen molar-refractivity contribution in [2.75, 3.05) is 6.54 Å². The third-order valence-corrected chi connectivity index (χ3v) is 4.41. The highest BCUT2D eigenvalue weighted by molar-refractivity contribution is 6.33. The molecule has 0 bridgehead atoms. The molecule has 5 nitrogen and oxygen atoms in total. The maximum Gasteiger partial charge on any atom is 0.256 e. The van der Waals surface area contributed by atoms with Crippen molar-refractivity contribution >= 4 is 17.5 Å². The molecule has 1 aromatic rings. The fourth-order valence-electron chi connectivity index (χ4n) is 2.75. The predicted molar refractivity (Wildman–Crippen MR) is 78.0 cm³/mol. The molecule has 1 aliphatic carbocycles. The van der Waals surface area contributed by atoms with Crippen LogP contribution in [0.3, 0.4) is 0 Å². The smallest absolute Gasteiger partial charge is 0.256 e. The van der Waals surface area contributed by atoms with Gasteiger partial charge in [0.2, 0.25) is 0 Å². The van der Waals surface area contributed by atoms with Crippen LogP contribution in [-0.2, 0) is 13.5 Å². The first-order valence-electron chi connectivity index (χ1n) is 7.19. The second-order valence-electron chi connectivity index (χ2n) is 5.56. The second kappa shape index (κ2) is 6.14. The zero-order chi connectivity index (χ0) is 14.8. The molecule has 0 atom stereocenters. The van der Waals surface area contributed by atoms with Gasteiger partial charge in [-0.15, -0.1) is 0 Å². The van der Waals surface area contributed by atoms with E-state index in [1.165, 1.54) is 4.68 Å². The number of carbonyl (C=O) groups excluding carboxylic acids is 1. The highest BCUT2D eigenvalue weighted by Gasteiger charge is 2.30. The van der Waals surface area contributed by atoms with Crippen LogP contribution in [0.5, 0.6) is 0 Å². The standard InChI is InChI=1S/C14H22ClN3O2/c1-3-10-11(12(15)18(2)17-10)13(19)16-9-14(20)7-5-4-6-8-14/h20H,3-9H2,1-2H3,(H,16,19). The summed E-state index contributed by atoms with van der Waals surface area (Å²) in [5.74, 6) is -0.251. The molecule has 2 rings (SSSR count). The molecule has 2 N–H and O–H groups in total. The lowest BCUT2D eigenvalue weighted by Crippen LogP contribution is -2.44. The van der Waals surface area contributed by atoms with E-state index in [0.29, 0.717) is 22.8 Å². The van der Waals surface area contributed by atoms with Gasteiger partial charge in [0.05, 0.1) is 16.9 Å². The minimum Gasteiger partial charge on any atom is -0.388 e. The Balaban J connectivity index is 2.05. The van der Waals surface area contributed by atoms with Gasteiger partial charge in [0.15, 0.2) is 0 Å². The summed E-state index contributed by atoms with van der Waals surface area (Å²) in [4.78, 5) is 12.3. The van der Waals surface area contributed by atoms with Gasteiger partial charge >= 0.3 is 0 Å². The van der Waals surface area contributed by atoms with Gasteiger partial charge in [0, 0.05) is 13.6 Å². The molecule has 6 heteroatoms. The van der Waals surface area contributed by atoms with Gasteiger partial charge in [-0.3, -0.25) is 9.48 Å². The number of halogens is 1. The minimum absolute atomic E-state index is 0.251. The summed E-state index contributed by atoms with van der Waals surface area (Å²) in [7, 11) is 1.72. The molecular formula is C14H22ClN3O2. The molecule has 1 amide bonds. The number of hydrogen-bond donors (Lipinski definition) is 2. The van der Waals surface area contributed by atoms with Crippen LogP contribution in [0.2, 0.25) is 5.15 Å². The summed E-state index contributed by atoms with van der Waals surface area (Å²) < 4.78 is 1.50. The topological polar surface area (TPSA) is 67.2 Å². The van der Waals surface area contributed by atoms with Crippen molar-refractivity contribution in [3.63, 3.8) is 0 Å². The van der Waals surface area contributed by atoms with Crippen LogP contribution < -0.4 is 5.32 Å². The molecular weight excluding hydrogens is 278 g/mol. The average Bonchev–Trinajstić information content (AvgIpc) is 2.73. The van der Waals surface area contributed by atoms with Gasteiger partial charge < -0.3 is 10.4 Å². The van der Waals surface area contributed by atoms with Crippen LogP contribution in [0.1, 0.15) is 55.1 Å². The van der Waals surface area contributed by atoms with Crippen molar-refractivity contribution in [3.8, 4) is 0 Å². The quantitative estimate of drug-likeness (QED) is 0.894. The lowest BCUT2D eigenvalue weighted by Gasteiger charge is -2.32. The first kappa shape index (κ1) is 15.3. The monoisotopic (exact) mass is 299 g/mol. The van der Waals surface area contributed by atoms with Crippen molar-refractivity contribution in [1.29, 1.82) is 0 Å². The van der Waals surface area contributed by atoms with Crippen molar-refractivity contribution < 1.29 is 9.90 Å². The number of nitrogens with zero attached hydrogens (tertiary/aromatic N) is 2. The zero-order valence-corrected chi connectivity index (χ0v) is 12.8. The third kappa shape index (κ3) is 3.15. The highest BCUT2D eigenvalue weighted by atomic mass is 35.5. The number of nitrogens with one attached hydrogen (secondary N) is 1. The summed E-state index contributed by atoms with van der Waals surface area (Å²) in [6, 6.07) is 0. The number of hydrogen-bond acceptors (Lipinski definition) is 3. The van der Waals surface area contributed by atoms with Crippen molar-refractivity contribution in [1.82, 2.24) is 15.1 Å². The molecule has 1 saturated carbocycles. The molecule has 112 valence electrons. The number of aromatic nitrogens is 2. The molecule has 1 aliphatic rings. The Morgan fingerprint density at radius 2 is 2.10 bits per heavy atom. The van der Waals surface area contributed by atoms with Crippen LogP contribution in [0.25, 0.3) is 0 Å². The van der Waals surface area contributed by atoms with Gasteiger partial charge in [-0.25, -0.2) is 0 Å². The Labute approximate surface area is 124 Å². The molecule has 0 saturated heterocycles. The van der Waals surface area contributed by atoms with E-state index in [4.69, 9.17) is 11.6 Å². The van der Waals surface area contributed by atoms with E-state index >= 15 is 0 Å². The van der Waals surface area contributed by atoms with E-state index in [9.17, 15) is 9.90 Å². The van der Waals surface area contributed by atoms with E-state index in [-0.39, 0.29) is 12.5 Å². The van der Waals surface area contributed by atoms with Crippen molar-refractivity contribution in [2.24, 2.45) is 7.05 Å². The molecule has 1 aromatic heterocycles. The fraction of sp³-hybridized carbons (Fsp3) is 0.714. The lowest BCUT2D eigenvalue weighted by molar-refractivity contribution is 0.00525. The van der Waals surface area contributed by atoms with Crippen molar-refractivity contribution in [2.45, 2.75) is 51.0 Å². The normalized spacial score (nSPS) is 18.0. The molecule has 1 heterocycles. The van der Waals surface area contributed by atoms with E-state index in [0.717, 1.165) is 32.1 Å². The predicted octanol–water partition coefficient (Wildman–Crippen LogP) is 2.06. The van der Waals surface area contributed by atoms with Crippen LogP contribution in [-0.4, -0.2) is 32.9 Å². The molecule has 0 aliphatic heterocycles. The summed E-state index contributed by atoms with van der Waals surface area (Å²) in [6.07, 6.45) is 5.32. The molecule has 0 unspecified atom stereocenters. The first-order chi connectivity index (χ1) is 9.47. The van der Waals surface area contributed by atoms with E-state index in [2.05, 4.69) is 10.4 Å². The Morgan fingerprint density at radius 1 is 1.45 bits per heavy atom. The Hall–Kier alpha value is -1.07. The average molecular weight is 300 g/mol. The Morgan fingerprint density at radius 3 is 2.70 bits per heavy atom. The summed E-state index contributed by atoms with van der Waals surface area (Å²) in [5.41, 5.74) is 0.344. The number of aliphatic hydroxyl groups is 1. The maximum absolute atomic E-state index is 12.3. The number of rotatable bonds is 4. The van der Waals surface area contributed by atoms with Crippen LogP contribution in [0, 0.1) is 0 Å². The number of aryl methyl sites for hydroxylation is 2. The summed E-state index contributed by atoms with van der Waals surface area (Å²) in [6.45, 7) is 2.21. The molecule has 0 aromatic carbocycles. The third-order valence-electron chi connectivity index (χ3n) is 3.97. The summed E-state index contributed by atoms with van der Waals surface area (Å²) in [5, 5.41) is 17.8. The maximum atomic E-state index is 12.3. The minimum atomic E-state index is -0.769. The van der Waals surface area contributed by atoms with E-state index < -0.39 is 5.60 Å². The zero-order valence-electron chi connectivity index (χ0n) is 12.1. The second-order valence-corrected chi connectivity index (χ2v) is 5.92. The first-order valence-corrected chi connectivity index (χ1v) is 7.56.